The second-order valence-corrected chi connectivity index (χ2v) is 25.6. The fourth-order valence-corrected chi connectivity index (χ4v) is 16.6. The first-order valence-corrected chi connectivity index (χ1v) is 29.6. The zero-order valence-electron chi connectivity index (χ0n) is 62.1. The van der Waals surface area contributed by atoms with Crippen LogP contribution in [0.5, 0.6) is 11.5 Å². The van der Waals surface area contributed by atoms with Crippen molar-refractivity contribution in [1.29, 1.82) is 0 Å². The standard InChI is InChI=1S/C78H62N4OSi/c1-54-26-21-22-39-66(54)71-52-79-76(46-55(71)2)82-72-45-43-65(84(62-33-15-8-16-34-62,63-35-17-9-18-36-63)64-37-19-10-20-38-64)51-70(72)67-44-42-61(50-75(67)82)83-60-32-25-31-59(49-60)80-53-81(74-41-24-23-40-73(74)80)77-68(56-27-11-6-12-28-56)47-58(78(3,4)5)48-69(77)57-29-13-7-14-30-57/h6-52H,1-5H3/i1D3,2D3,6D,7D,11D,12D,13D,14D,27D,28D,29D,30D. The first-order valence-electron chi connectivity index (χ1n) is 35.6. The Morgan fingerprint density at radius 2 is 1.10 bits per heavy atom. The minimum absolute atomic E-state index is 0.0105. The van der Waals surface area contributed by atoms with E-state index in [0.717, 1.165) is 31.5 Å². The lowest BCUT2D eigenvalue weighted by atomic mass is 9.82. The summed E-state index contributed by atoms with van der Waals surface area (Å²) in [6.07, 6.45) is 4.94. The number of para-hydroxylation sites is 2. The summed E-state index contributed by atoms with van der Waals surface area (Å²) in [7, 11) is -3.12. The number of aromatic nitrogens is 4. The van der Waals surface area contributed by atoms with Crippen molar-refractivity contribution in [3.05, 3.63) is 308 Å². The molecule has 5 nitrogen and oxygen atoms in total. The van der Waals surface area contributed by atoms with Crippen molar-refractivity contribution < 1.29 is 31.2 Å². The number of hydrogen-bond donors (Lipinski definition) is 0. The molecular formula is C78H62N4OSi. The van der Waals surface area contributed by atoms with Gasteiger partial charge >= 0.3 is 0 Å². The second-order valence-electron chi connectivity index (χ2n) is 21.8. The molecule has 0 aliphatic rings. The molecule has 3 aromatic heterocycles. The number of ether oxygens (including phenoxy) is 1. The Kier molecular flexibility index (Phi) is 9.40. The van der Waals surface area contributed by atoms with Crippen molar-refractivity contribution >= 4 is 61.7 Å². The molecule has 404 valence electrons. The van der Waals surface area contributed by atoms with Crippen LogP contribution < -0.4 is 30.1 Å². The molecule has 0 N–H and O–H groups in total. The van der Waals surface area contributed by atoms with E-state index in [2.05, 4.69) is 97.3 Å². The fourth-order valence-electron chi connectivity index (χ4n) is 11.8. The van der Waals surface area contributed by atoms with E-state index in [1.165, 1.54) is 18.3 Å². The molecule has 6 heteroatoms. The van der Waals surface area contributed by atoms with Crippen LogP contribution in [0.25, 0.3) is 83.4 Å². The van der Waals surface area contributed by atoms with Crippen molar-refractivity contribution in [2.45, 2.75) is 39.9 Å². The average Bonchev–Trinajstić information content (AvgIpc) is 1.47. The summed E-state index contributed by atoms with van der Waals surface area (Å²) in [6, 6.07) is 64.1. The number of aryl methyl sites for hydroxylation is 2. The second kappa shape index (κ2) is 21.3. The summed E-state index contributed by atoms with van der Waals surface area (Å²) >= 11 is 0. The molecule has 84 heavy (non-hydrogen) atoms. The van der Waals surface area contributed by atoms with E-state index in [1.54, 1.807) is 63.7 Å². The normalized spacial score (nSPS) is 14.9. The van der Waals surface area contributed by atoms with Gasteiger partial charge in [0, 0.05) is 36.8 Å². The van der Waals surface area contributed by atoms with Gasteiger partial charge in [0.25, 0.3) is 6.33 Å². The number of imidazole rings is 1. The monoisotopic (exact) mass is 1110 g/mol. The molecule has 0 aliphatic heterocycles. The molecular weight excluding hydrogens is 1040 g/mol. The minimum atomic E-state index is -3.12. The SMILES string of the molecule is [2H]c1c([2H])c([2H])c(-c2cc(C(C)(C)C)cc(-c3c([2H])c([2H])c([2H])c([2H])c3[2H])c2-[n+]2[c-]n(-c3cccc(Oc4ccc5c6cc([Si](c7ccccc7)(c7ccccc7)c7ccccc7)ccc6n(-c6cc(C([2H])([2H])[2H])c(-c7ccccc7C([2H])([2H])[2H])cn6)c5c4)c3)c3ccccc32)c([2H])c1[2H]. The Hall–Kier alpha value is -10.1. The zero-order chi connectivity index (χ0) is 70.6. The van der Waals surface area contributed by atoms with Gasteiger partial charge in [0.15, 0.2) is 8.07 Å². The van der Waals surface area contributed by atoms with E-state index in [-0.39, 0.29) is 56.0 Å². The average molecular weight is 1120 g/mol. The largest absolute Gasteiger partial charge is 0.458 e. The molecule has 0 unspecified atom stereocenters. The number of benzene rings is 11. The van der Waals surface area contributed by atoms with Crippen LogP contribution in [0.4, 0.5) is 0 Å². The molecule has 0 aliphatic carbocycles. The summed E-state index contributed by atoms with van der Waals surface area (Å²) in [5.41, 5.74) is 3.11. The van der Waals surface area contributed by atoms with Crippen LogP contribution in [0.3, 0.4) is 0 Å². The first kappa shape index (κ1) is 37.1. The number of rotatable bonds is 12. The van der Waals surface area contributed by atoms with Gasteiger partial charge in [0.1, 0.15) is 17.3 Å². The van der Waals surface area contributed by atoms with Gasteiger partial charge in [-0.1, -0.05) is 251 Å². The minimum Gasteiger partial charge on any atom is -0.458 e. The molecule has 0 fully saturated rings. The molecule has 3 heterocycles. The summed E-state index contributed by atoms with van der Waals surface area (Å²) in [6.45, 7) is 0.465. The van der Waals surface area contributed by atoms with Crippen LogP contribution in [0.1, 0.15) is 59.4 Å². The van der Waals surface area contributed by atoms with Crippen molar-refractivity contribution in [2.24, 2.45) is 0 Å². The highest BCUT2D eigenvalue weighted by Gasteiger charge is 2.41. The summed E-state index contributed by atoms with van der Waals surface area (Å²) in [5, 5.41) is 6.21. The third-order valence-corrected chi connectivity index (χ3v) is 20.5. The van der Waals surface area contributed by atoms with Crippen LogP contribution in [0, 0.1) is 20.0 Å². The van der Waals surface area contributed by atoms with Crippen LogP contribution >= 0.6 is 0 Å². The Morgan fingerprint density at radius 3 is 1.74 bits per heavy atom. The lowest BCUT2D eigenvalue weighted by Crippen LogP contribution is -2.74. The molecule has 0 saturated carbocycles. The van der Waals surface area contributed by atoms with E-state index in [0.29, 0.717) is 44.8 Å². The summed E-state index contributed by atoms with van der Waals surface area (Å²) in [5.74, 6) is 1.02. The maximum Gasteiger partial charge on any atom is 0.269 e. The van der Waals surface area contributed by atoms with Gasteiger partial charge < -0.3 is 4.74 Å². The molecule has 0 bridgehead atoms. The van der Waals surface area contributed by atoms with Crippen LogP contribution in [0.15, 0.2) is 285 Å². The van der Waals surface area contributed by atoms with Gasteiger partial charge in [0.2, 0.25) is 0 Å². The smallest absolute Gasteiger partial charge is 0.269 e. The quantitative estimate of drug-likeness (QED) is 0.0529. The predicted molar refractivity (Wildman–Crippen MR) is 350 cm³/mol. The van der Waals surface area contributed by atoms with E-state index < -0.39 is 87.6 Å². The predicted octanol–water partition coefficient (Wildman–Crippen LogP) is 16.3. The first-order chi connectivity index (χ1) is 47.7. The van der Waals surface area contributed by atoms with Gasteiger partial charge in [-0.2, -0.15) is 0 Å². The Morgan fingerprint density at radius 1 is 0.488 bits per heavy atom. The number of nitrogens with zero attached hydrogens (tertiary/aromatic N) is 4. The van der Waals surface area contributed by atoms with Crippen molar-refractivity contribution in [3.8, 4) is 62.1 Å². The third kappa shape index (κ3) is 9.12. The highest BCUT2D eigenvalue weighted by atomic mass is 28.3. The molecule has 14 rings (SSSR count). The van der Waals surface area contributed by atoms with Gasteiger partial charge in [0.05, 0.1) is 47.1 Å². The molecule has 0 atom stereocenters. The topological polar surface area (TPSA) is 35.9 Å². The Bertz CT molecular complexity index is 5370. The van der Waals surface area contributed by atoms with Crippen LogP contribution in [-0.4, -0.2) is 22.2 Å². The summed E-state index contributed by atoms with van der Waals surface area (Å²) in [4.78, 5) is 5.02. The van der Waals surface area contributed by atoms with Crippen molar-refractivity contribution in [2.75, 3.05) is 0 Å². The van der Waals surface area contributed by atoms with Gasteiger partial charge in [-0.15, -0.1) is 0 Å². The van der Waals surface area contributed by atoms with Gasteiger partial charge in [-0.05, 0) is 127 Å². The number of hydrogen-bond acceptors (Lipinski definition) is 2. The van der Waals surface area contributed by atoms with Crippen molar-refractivity contribution in [3.63, 3.8) is 0 Å². The van der Waals surface area contributed by atoms with Crippen LogP contribution in [-0.2, 0) is 5.41 Å². The molecule has 14 aromatic rings. The lowest BCUT2D eigenvalue weighted by molar-refractivity contribution is -0.571. The molecule has 0 saturated heterocycles. The highest BCUT2D eigenvalue weighted by Crippen LogP contribution is 2.40. The fraction of sp³-hybridized carbons (Fsp3) is 0.0769. The molecule has 0 radical (unpaired) electrons. The van der Waals surface area contributed by atoms with E-state index in [1.807, 2.05) is 86.0 Å². The maximum atomic E-state index is 9.36. The Balaban J connectivity index is 0.973. The highest BCUT2D eigenvalue weighted by molar-refractivity contribution is 7.20. The van der Waals surface area contributed by atoms with E-state index >= 15 is 0 Å². The summed E-state index contributed by atoms with van der Waals surface area (Å²) < 4.78 is 154. The maximum absolute atomic E-state index is 9.36. The zero-order valence-corrected chi connectivity index (χ0v) is 47.1. The Labute approximate surface area is 515 Å². The van der Waals surface area contributed by atoms with Gasteiger partial charge in [-0.3, -0.25) is 13.7 Å². The number of pyridine rings is 1. The molecule has 11 aromatic carbocycles. The van der Waals surface area contributed by atoms with Crippen LogP contribution in [0.2, 0.25) is 0 Å². The van der Waals surface area contributed by atoms with E-state index in [9.17, 15) is 5.48 Å². The van der Waals surface area contributed by atoms with E-state index in [4.69, 9.17) is 26.2 Å². The van der Waals surface area contributed by atoms with Gasteiger partial charge in [-0.25, -0.2) is 4.98 Å². The number of fused-ring (bicyclic) bond motifs is 4. The molecule has 0 spiro atoms. The third-order valence-electron chi connectivity index (χ3n) is 15.7. The van der Waals surface area contributed by atoms with Crippen molar-refractivity contribution in [1.82, 2.24) is 14.1 Å². The lowest BCUT2D eigenvalue weighted by Gasteiger charge is -2.34. The molecule has 0 amide bonds.